The molecule has 1 nitrogen and oxygen atoms in total. The van der Waals surface area contributed by atoms with Crippen LogP contribution < -0.4 is 10.2 Å². The molecule has 0 aliphatic rings. The lowest BCUT2D eigenvalue weighted by molar-refractivity contribution is 0.290. The van der Waals surface area contributed by atoms with Crippen molar-refractivity contribution in [2.75, 3.05) is 0 Å². The average Bonchev–Trinajstić information content (AvgIpc) is 2.38. The molecule has 20 heavy (non-hydrogen) atoms. The van der Waals surface area contributed by atoms with Crippen LogP contribution in [0.2, 0.25) is 0 Å². The Hall–Kier alpha value is -2.05. The van der Waals surface area contributed by atoms with Crippen molar-refractivity contribution in [1.29, 1.82) is 0 Å². The minimum absolute atomic E-state index is 0.147. The highest BCUT2D eigenvalue weighted by Crippen LogP contribution is 2.20. The van der Waals surface area contributed by atoms with Crippen LogP contribution >= 0.6 is 0 Å². The molecule has 7 heteroatoms. The van der Waals surface area contributed by atoms with Gasteiger partial charge in [0.25, 0.3) is 0 Å². The molecule has 0 radical (unpaired) electrons. The van der Waals surface area contributed by atoms with Crippen molar-refractivity contribution in [2.45, 2.75) is 6.61 Å². The van der Waals surface area contributed by atoms with Crippen LogP contribution in [0.1, 0.15) is 5.56 Å². The lowest BCUT2D eigenvalue weighted by Crippen LogP contribution is -2.34. The molecular weight excluding hydrogens is 278 g/mol. The van der Waals surface area contributed by atoms with Crippen LogP contribution in [0.25, 0.3) is 0 Å². The summed E-state index contributed by atoms with van der Waals surface area (Å²) in [6, 6.07) is 7.19. The summed E-state index contributed by atoms with van der Waals surface area (Å²) >= 11 is 0. The maximum Gasteiger partial charge on any atom is 0.509 e. The van der Waals surface area contributed by atoms with E-state index in [1.807, 2.05) is 0 Å². The first-order valence-corrected chi connectivity index (χ1v) is 5.73. The molecule has 0 N–H and O–H groups in total. The molecule has 0 aliphatic carbocycles. The van der Waals surface area contributed by atoms with Gasteiger partial charge in [-0.2, -0.15) is 0 Å². The number of halogens is 5. The van der Waals surface area contributed by atoms with Gasteiger partial charge in [-0.3, -0.25) is 0 Å². The van der Waals surface area contributed by atoms with Gasteiger partial charge in [0, 0.05) is 0 Å². The van der Waals surface area contributed by atoms with Crippen molar-refractivity contribution in [1.82, 2.24) is 0 Å². The van der Waals surface area contributed by atoms with Crippen LogP contribution in [0.4, 0.5) is 21.7 Å². The third kappa shape index (κ3) is 3.49. The summed E-state index contributed by atoms with van der Waals surface area (Å²) in [6.07, 6.45) is 0. The highest BCUT2D eigenvalue weighted by atomic mass is 19.4. The number of hydrogen-bond donors (Lipinski definition) is 0. The van der Waals surface area contributed by atoms with Gasteiger partial charge in [0.1, 0.15) is 12.4 Å². The maximum absolute atomic E-state index is 13.4. The maximum atomic E-state index is 13.4. The molecule has 0 amide bonds. The van der Waals surface area contributed by atoms with Crippen LogP contribution in [0.3, 0.4) is 0 Å². The summed E-state index contributed by atoms with van der Waals surface area (Å²) in [5, 5.41) is 0. The van der Waals surface area contributed by atoms with E-state index in [4.69, 9.17) is 4.74 Å². The van der Waals surface area contributed by atoms with Crippen LogP contribution in [0.15, 0.2) is 42.5 Å². The number of benzene rings is 2. The number of rotatable bonds is 4. The van der Waals surface area contributed by atoms with Crippen LogP contribution in [0.5, 0.6) is 5.75 Å². The summed E-state index contributed by atoms with van der Waals surface area (Å²) in [6.45, 7) is -5.36. The second-order valence-corrected chi connectivity index (χ2v) is 4.18. The zero-order valence-corrected chi connectivity index (χ0v) is 10.1. The third-order valence-electron chi connectivity index (χ3n) is 2.64. The van der Waals surface area contributed by atoms with E-state index in [0.717, 1.165) is 0 Å². The molecular formula is C13H9BF5O-. The molecule has 0 spiro atoms. The van der Waals surface area contributed by atoms with Gasteiger partial charge in [-0.15, -0.1) is 5.46 Å². The molecule has 0 bridgehead atoms. The molecule has 0 heterocycles. The van der Waals surface area contributed by atoms with Crippen LogP contribution in [0, 0.1) is 11.6 Å². The highest BCUT2D eigenvalue weighted by molar-refractivity contribution is 6.73. The van der Waals surface area contributed by atoms with Gasteiger partial charge < -0.3 is 17.7 Å². The van der Waals surface area contributed by atoms with Crippen LogP contribution in [-0.2, 0) is 6.61 Å². The second kappa shape index (κ2) is 5.52. The molecule has 0 aliphatic heterocycles. The largest absolute Gasteiger partial charge is 0.509 e. The van der Waals surface area contributed by atoms with Gasteiger partial charge in [0.2, 0.25) is 0 Å². The van der Waals surface area contributed by atoms with Gasteiger partial charge in [0.15, 0.2) is 11.6 Å². The Bertz CT molecular complexity index is 595. The van der Waals surface area contributed by atoms with E-state index in [2.05, 4.69) is 0 Å². The Kier molecular flexibility index (Phi) is 3.97. The molecule has 0 saturated heterocycles. The fourth-order valence-electron chi connectivity index (χ4n) is 1.58. The highest BCUT2D eigenvalue weighted by Gasteiger charge is 2.26. The van der Waals surface area contributed by atoms with Gasteiger partial charge in [0.05, 0.1) is 0 Å². The fraction of sp³-hybridized carbons (Fsp3) is 0.0769. The van der Waals surface area contributed by atoms with Gasteiger partial charge in [-0.05, 0) is 29.8 Å². The summed E-state index contributed by atoms with van der Waals surface area (Å²) in [5.74, 6) is -1.80. The van der Waals surface area contributed by atoms with E-state index in [9.17, 15) is 21.7 Å². The van der Waals surface area contributed by atoms with Gasteiger partial charge in [-0.1, -0.05) is 18.2 Å². The average molecular weight is 287 g/mol. The molecule has 0 unspecified atom stereocenters. The lowest BCUT2D eigenvalue weighted by Gasteiger charge is -2.16. The van der Waals surface area contributed by atoms with Gasteiger partial charge >= 0.3 is 6.98 Å². The van der Waals surface area contributed by atoms with Crippen molar-refractivity contribution >= 4 is 12.4 Å². The molecule has 0 atom stereocenters. The Morgan fingerprint density at radius 2 is 1.55 bits per heavy atom. The zero-order valence-electron chi connectivity index (χ0n) is 10.1. The summed E-state index contributed by atoms with van der Waals surface area (Å²) in [7, 11) is 0. The second-order valence-electron chi connectivity index (χ2n) is 4.18. The Morgan fingerprint density at radius 1 is 0.900 bits per heavy atom. The fourth-order valence-corrected chi connectivity index (χ4v) is 1.58. The van der Waals surface area contributed by atoms with E-state index in [1.165, 1.54) is 24.3 Å². The number of ether oxygens (including phenoxy) is 1. The van der Waals surface area contributed by atoms with Crippen molar-refractivity contribution in [3.63, 3.8) is 0 Å². The molecule has 2 rings (SSSR count). The normalized spacial score (nSPS) is 11.4. The van der Waals surface area contributed by atoms with E-state index in [1.54, 1.807) is 0 Å². The monoisotopic (exact) mass is 287 g/mol. The molecule has 0 saturated carbocycles. The van der Waals surface area contributed by atoms with Crippen LogP contribution in [-0.4, -0.2) is 6.98 Å². The summed E-state index contributed by atoms with van der Waals surface area (Å²) < 4.78 is 68.7. The standard InChI is InChI=1S/C13H9BF5O/c15-11-4-1-9(2-5-11)8-20-13-7-10(14(17,18)19)3-6-12(13)16/h1-7H,8H2/q-1. The molecule has 0 fully saturated rings. The quantitative estimate of drug-likeness (QED) is 0.616. The minimum atomic E-state index is -5.21. The van der Waals surface area contributed by atoms with Crippen molar-refractivity contribution in [2.24, 2.45) is 0 Å². The van der Waals surface area contributed by atoms with E-state index >= 15 is 0 Å². The Labute approximate surface area is 112 Å². The smallest absolute Gasteiger partial charge is 0.486 e. The van der Waals surface area contributed by atoms with E-state index < -0.39 is 29.8 Å². The molecule has 2 aromatic carbocycles. The topological polar surface area (TPSA) is 9.23 Å². The predicted molar refractivity (Wildman–Crippen MR) is 65.8 cm³/mol. The minimum Gasteiger partial charge on any atom is -0.486 e. The first kappa shape index (κ1) is 14.4. The van der Waals surface area contributed by atoms with Gasteiger partial charge in [-0.25, -0.2) is 8.78 Å². The van der Waals surface area contributed by atoms with Crippen molar-refractivity contribution in [3.8, 4) is 5.75 Å². The lowest BCUT2D eigenvalue weighted by atomic mass is 9.80. The van der Waals surface area contributed by atoms with Crippen molar-refractivity contribution in [3.05, 3.63) is 59.7 Å². The zero-order chi connectivity index (χ0) is 14.8. The first-order chi connectivity index (χ1) is 9.36. The first-order valence-electron chi connectivity index (χ1n) is 5.73. The Morgan fingerprint density at radius 3 is 2.15 bits per heavy atom. The van der Waals surface area contributed by atoms with Crippen molar-refractivity contribution < 1.29 is 26.5 Å². The summed E-state index contributed by atoms with van der Waals surface area (Å²) in [5.41, 5.74) is -0.408. The summed E-state index contributed by atoms with van der Waals surface area (Å²) in [4.78, 5) is 0. The molecule has 0 aromatic heterocycles. The SMILES string of the molecule is Fc1ccc(COc2cc([B-](F)(F)F)ccc2F)cc1. The molecule has 106 valence electrons. The predicted octanol–water partition coefficient (Wildman–Crippen LogP) is 3.60. The van der Waals surface area contributed by atoms with E-state index in [0.29, 0.717) is 23.8 Å². The third-order valence-corrected chi connectivity index (χ3v) is 2.64. The van der Waals surface area contributed by atoms with E-state index in [-0.39, 0.29) is 6.61 Å². The number of hydrogen-bond acceptors (Lipinski definition) is 1. The Balaban J connectivity index is 2.14. The molecule has 2 aromatic rings.